The Bertz CT molecular complexity index is 291. The highest BCUT2D eigenvalue weighted by Crippen LogP contribution is 2.52. The van der Waals surface area contributed by atoms with Crippen LogP contribution in [0.15, 0.2) is 0 Å². The van der Waals surface area contributed by atoms with Crippen LogP contribution in [0.2, 0.25) is 0 Å². The highest BCUT2D eigenvalue weighted by molar-refractivity contribution is 5.72. The van der Waals surface area contributed by atoms with Gasteiger partial charge in [-0.3, -0.25) is 4.79 Å². The van der Waals surface area contributed by atoms with E-state index in [-0.39, 0.29) is 11.6 Å². The van der Waals surface area contributed by atoms with Gasteiger partial charge in [-0.2, -0.15) is 0 Å². The summed E-state index contributed by atoms with van der Waals surface area (Å²) in [5, 5.41) is 0. The second-order valence-corrected chi connectivity index (χ2v) is 5.66. The number of carbonyl (C=O) groups excluding carboxylic acids is 1. The highest BCUT2D eigenvalue weighted by Gasteiger charge is 2.51. The molecule has 2 saturated carbocycles. The molecule has 0 aromatic carbocycles. The fraction of sp³-hybridized carbons (Fsp3) is 0.917. The average Bonchev–Trinajstić information content (AvgIpc) is 2.69. The first-order chi connectivity index (χ1) is 7.17. The molecule has 0 amide bonds. The molecule has 0 aromatic rings. The number of nitrogens with two attached hydrogens (primary N) is 1. The zero-order valence-corrected chi connectivity index (χ0v) is 9.08. The van der Waals surface area contributed by atoms with Crippen molar-refractivity contribution < 1.29 is 9.53 Å². The Kier molecular flexibility index (Phi) is 2.06. The Hall–Kier alpha value is -0.570. The van der Waals surface area contributed by atoms with Gasteiger partial charge in [0.15, 0.2) is 0 Å². The lowest BCUT2D eigenvalue weighted by Crippen LogP contribution is -2.30. The van der Waals surface area contributed by atoms with Crippen molar-refractivity contribution in [3.05, 3.63) is 0 Å². The Morgan fingerprint density at radius 3 is 2.80 bits per heavy atom. The summed E-state index contributed by atoms with van der Waals surface area (Å²) < 4.78 is 5.56. The number of hydrogen-bond donors (Lipinski definition) is 1. The minimum absolute atomic E-state index is 0.0120. The van der Waals surface area contributed by atoms with Gasteiger partial charge in [0.1, 0.15) is 5.60 Å². The summed E-state index contributed by atoms with van der Waals surface area (Å²) in [4.78, 5) is 11.2. The molecule has 3 heteroatoms. The van der Waals surface area contributed by atoms with Gasteiger partial charge in [0.25, 0.3) is 0 Å². The lowest BCUT2D eigenvalue weighted by molar-refractivity contribution is -0.148. The third-order valence-electron chi connectivity index (χ3n) is 4.56. The molecule has 3 rings (SSSR count). The maximum Gasteiger partial charge on any atom is 0.306 e. The third-order valence-corrected chi connectivity index (χ3v) is 4.56. The molecule has 1 aliphatic heterocycles. The zero-order chi connectivity index (χ0) is 10.5. The van der Waals surface area contributed by atoms with Gasteiger partial charge in [0, 0.05) is 12.5 Å². The maximum atomic E-state index is 11.2. The van der Waals surface area contributed by atoms with Crippen LogP contribution < -0.4 is 5.73 Å². The van der Waals surface area contributed by atoms with Crippen LogP contribution in [-0.4, -0.2) is 17.6 Å². The molecule has 1 spiro atoms. The molecule has 0 bridgehead atoms. The molecular formula is C12H19NO2. The van der Waals surface area contributed by atoms with E-state index in [2.05, 4.69) is 0 Å². The van der Waals surface area contributed by atoms with E-state index < -0.39 is 0 Å². The zero-order valence-electron chi connectivity index (χ0n) is 9.08. The quantitative estimate of drug-likeness (QED) is 0.616. The van der Waals surface area contributed by atoms with Crippen molar-refractivity contribution in [2.45, 2.75) is 56.6 Å². The van der Waals surface area contributed by atoms with Crippen LogP contribution in [0.5, 0.6) is 0 Å². The predicted molar refractivity (Wildman–Crippen MR) is 56.1 cm³/mol. The summed E-state index contributed by atoms with van der Waals surface area (Å²) in [5.74, 6) is 1.51. The van der Waals surface area contributed by atoms with Crippen LogP contribution in [-0.2, 0) is 9.53 Å². The smallest absolute Gasteiger partial charge is 0.306 e. The summed E-state index contributed by atoms with van der Waals surface area (Å²) in [6.07, 6.45) is 7.31. The van der Waals surface area contributed by atoms with Crippen LogP contribution in [0.3, 0.4) is 0 Å². The molecular weight excluding hydrogens is 190 g/mol. The number of carbonyl (C=O) groups is 1. The fourth-order valence-corrected chi connectivity index (χ4v) is 3.88. The van der Waals surface area contributed by atoms with Crippen molar-refractivity contribution in [2.75, 3.05) is 0 Å². The maximum absolute atomic E-state index is 11.2. The van der Waals surface area contributed by atoms with Crippen molar-refractivity contribution in [2.24, 2.45) is 17.6 Å². The molecule has 1 saturated heterocycles. The van der Waals surface area contributed by atoms with Gasteiger partial charge in [-0.05, 0) is 50.4 Å². The van der Waals surface area contributed by atoms with Crippen molar-refractivity contribution in [3.8, 4) is 0 Å². The molecule has 3 fully saturated rings. The number of hydrogen-bond acceptors (Lipinski definition) is 3. The Morgan fingerprint density at radius 2 is 2.07 bits per heavy atom. The third kappa shape index (κ3) is 1.57. The summed E-state index contributed by atoms with van der Waals surface area (Å²) in [5.41, 5.74) is 5.92. The lowest BCUT2D eigenvalue weighted by atomic mass is 9.79. The van der Waals surface area contributed by atoms with E-state index in [1.165, 1.54) is 6.42 Å². The number of fused-ring (bicyclic) bond motifs is 1. The number of esters is 1. The molecule has 4 atom stereocenters. The van der Waals surface area contributed by atoms with Gasteiger partial charge in [-0.25, -0.2) is 0 Å². The van der Waals surface area contributed by atoms with E-state index in [1.54, 1.807) is 0 Å². The minimum atomic E-state index is -0.0729. The van der Waals surface area contributed by atoms with Gasteiger partial charge in [-0.15, -0.1) is 0 Å². The molecule has 2 aliphatic carbocycles. The van der Waals surface area contributed by atoms with E-state index in [0.717, 1.165) is 43.9 Å². The van der Waals surface area contributed by atoms with Crippen molar-refractivity contribution in [1.82, 2.24) is 0 Å². The van der Waals surface area contributed by atoms with Crippen molar-refractivity contribution in [3.63, 3.8) is 0 Å². The molecule has 3 nitrogen and oxygen atoms in total. The van der Waals surface area contributed by atoms with Crippen LogP contribution in [0.25, 0.3) is 0 Å². The monoisotopic (exact) mass is 209 g/mol. The van der Waals surface area contributed by atoms with Crippen LogP contribution in [0.1, 0.15) is 44.9 Å². The van der Waals surface area contributed by atoms with Crippen LogP contribution >= 0.6 is 0 Å². The predicted octanol–water partition coefficient (Wildman–Crippen LogP) is 1.60. The number of ether oxygens (including phenoxy) is 1. The average molecular weight is 209 g/mol. The molecule has 3 aliphatic rings. The van der Waals surface area contributed by atoms with E-state index >= 15 is 0 Å². The fourth-order valence-electron chi connectivity index (χ4n) is 3.88. The molecule has 1 heterocycles. The van der Waals surface area contributed by atoms with Crippen molar-refractivity contribution >= 4 is 5.97 Å². The Labute approximate surface area is 90.4 Å². The molecule has 2 unspecified atom stereocenters. The number of rotatable bonds is 0. The minimum Gasteiger partial charge on any atom is -0.459 e. The lowest BCUT2D eigenvalue weighted by Gasteiger charge is -2.28. The summed E-state index contributed by atoms with van der Waals surface area (Å²) >= 11 is 0. The van der Waals surface area contributed by atoms with Gasteiger partial charge >= 0.3 is 5.97 Å². The molecule has 0 radical (unpaired) electrons. The van der Waals surface area contributed by atoms with Crippen LogP contribution in [0.4, 0.5) is 0 Å². The molecule has 2 N–H and O–H groups in total. The molecule has 0 aromatic heterocycles. The highest BCUT2D eigenvalue weighted by atomic mass is 16.6. The Balaban J connectivity index is 1.74. The van der Waals surface area contributed by atoms with Gasteiger partial charge < -0.3 is 10.5 Å². The molecule has 84 valence electrons. The first kappa shape index (κ1) is 9.64. The second kappa shape index (κ2) is 3.21. The standard InChI is InChI=1S/C12H19NO2/c13-10-2-1-8-6-12(7-9(8)5-10)4-3-11(14)15-12/h8-10H,1-7,13H2/t8-,9-,10?,12?/m0/s1. The summed E-state index contributed by atoms with van der Waals surface area (Å²) in [7, 11) is 0. The van der Waals surface area contributed by atoms with Gasteiger partial charge in [0.05, 0.1) is 0 Å². The van der Waals surface area contributed by atoms with Gasteiger partial charge in [0.2, 0.25) is 0 Å². The van der Waals surface area contributed by atoms with E-state index in [4.69, 9.17) is 10.5 Å². The first-order valence-electron chi connectivity index (χ1n) is 6.14. The largest absolute Gasteiger partial charge is 0.459 e. The summed E-state index contributed by atoms with van der Waals surface area (Å²) in [6, 6.07) is 0.388. The molecule has 15 heavy (non-hydrogen) atoms. The second-order valence-electron chi connectivity index (χ2n) is 5.66. The summed E-state index contributed by atoms with van der Waals surface area (Å²) in [6.45, 7) is 0. The van der Waals surface area contributed by atoms with E-state index in [0.29, 0.717) is 12.5 Å². The van der Waals surface area contributed by atoms with Crippen LogP contribution in [0, 0.1) is 11.8 Å². The van der Waals surface area contributed by atoms with Gasteiger partial charge in [-0.1, -0.05) is 0 Å². The van der Waals surface area contributed by atoms with E-state index in [9.17, 15) is 4.79 Å². The SMILES string of the molecule is NC1CC[C@H]2CC3(CCC(=O)O3)C[C@@H]2C1. The van der Waals surface area contributed by atoms with Crippen molar-refractivity contribution in [1.29, 1.82) is 0 Å². The Morgan fingerprint density at radius 1 is 1.27 bits per heavy atom. The van der Waals surface area contributed by atoms with E-state index in [1.807, 2.05) is 0 Å². The normalized spacial score (nSPS) is 49.4. The first-order valence-corrected chi connectivity index (χ1v) is 6.14. The topological polar surface area (TPSA) is 52.3 Å².